The molecule has 0 radical (unpaired) electrons. The average molecular weight is 558 g/mol. The summed E-state index contributed by atoms with van der Waals surface area (Å²) in [5.41, 5.74) is 2.18. The van der Waals surface area contributed by atoms with Gasteiger partial charge in [-0.25, -0.2) is 0 Å². The highest BCUT2D eigenvalue weighted by Gasteiger charge is 2.38. The van der Waals surface area contributed by atoms with Crippen LogP contribution >= 0.6 is 0 Å². The van der Waals surface area contributed by atoms with Crippen LogP contribution < -0.4 is 20.1 Å². The number of ether oxygens (including phenoxy) is 2. The molecule has 2 fully saturated rings. The Labute approximate surface area is 230 Å². The smallest absolute Gasteiger partial charge is 0.395 e. The van der Waals surface area contributed by atoms with E-state index in [2.05, 4.69) is 32.8 Å². The van der Waals surface area contributed by atoms with Gasteiger partial charge in [0.05, 0.1) is 24.0 Å². The van der Waals surface area contributed by atoms with Crippen LogP contribution in [0.1, 0.15) is 55.6 Å². The molecule has 3 heterocycles. The summed E-state index contributed by atoms with van der Waals surface area (Å²) in [7, 11) is 1.73. The molecule has 1 saturated heterocycles. The second-order valence-corrected chi connectivity index (χ2v) is 11.2. The van der Waals surface area contributed by atoms with E-state index in [9.17, 15) is 18.0 Å². The van der Waals surface area contributed by atoms with E-state index < -0.39 is 12.1 Å². The third kappa shape index (κ3) is 5.31. The summed E-state index contributed by atoms with van der Waals surface area (Å²) in [6.07, 6.45) is 0.186. The van der Waals surface area contributed by atoms with Crippen LogP contribution in [0.15, 0.2) is 36.4 Å². The zero-order chi connectivity index (χ0) is 28.0. The molecule has 1 unspecified atom stereocenters. The quantitative estimate of drug-likeness (QED) is 0.430. The SMILES string of the molecule is CC(c1ccc2c(c1)c(NCC(=O)NC1CN([C@H]3CC[C@@H](c4ccc5c(c4)OCO5)CC3)C1)nn2C)C(F)(F)F. The number of benzene rings is 2. The number of alkyl halides is 3. The number of rotatable bonds is 7. The third-order valence-corrected chi connectivity index (χ3v) is 8.64. The first kappa shape index (κ1) is 26.7. The molecular weight excluding hydrogens is 523 g/mol. The normalized spacial score (nSPS) is 22.2. The first-order valence-corrected chi connectivity index (χ1v) is 13.9. The summed E-state index contributed by atoms with van der Waals surface area (Å²) in [5.74, 6) is 0.845. The Hall–Kier alpha value is -3.47. The van der Waals surface area contributed by atoms with Crippen molar-refractivity contribution in [3.63, 3.8) is 0 Å². The van der Waals surface area contributed by atoms with Crippen molar-refractivity contribution in [1.29, 1.82) is 0 Å². The van der Waals surface area contributed by atoms with Gasteiger partial charge in [-0.05, 0) is 73.9 Å². The fourth-order valence-electron chi connectivity index (χ4n) is 6.16. The minimum Gasteiger partial charge on any atom is -0.454 e. The predicted octanol–water partition coefficient (Wildman–Crippen LogP) is 4.91. The minimum absolute atomic E-state index is 0.00229. The molecule has 6 rings (SSSR count). The first-order valence-electron chi connectivity index (χ1n) is 13.9. The number of hydrogen-bond donors (Lipinski definition) is 2. The van der Waals surface area contributed by atoms with Crippen molar-refractivity contribution in [3.05, 3.63) is 47.5 Å². The highest BCUT2D eigenvalue weighted by Crippen LogP contribution is 2.41. The molecule has 11 heteroatoms. The van der Waals surface area contributed by atoms with Crippen LogP contribution in [0, 0.1) is 0 Å². The summed E-state index contributed by atoms with van der Waals surface area (Å²) < 4.78 is 52.2. The highest BCUT2D eigenvalue weighted by molar-refractivity contribution is 5.92. The van der Waals surface area contributed by atoms with Gasteiger partial charge in [-0.3, -0.25) is 14.4 Å². The summed E-state index contributed by atoms with van der Waals surface area (Å²) in [6, 6.07) is 11.5. The number of likely N-dealkylation sites (tertiary alicyclic amines) is 1. The summed E-state index contributed by atoms with van der Waals surface area (Å²) >= 11 is 0. The van der Waals surface area contributed by atoms with Crippen molar-refractivity contribution in [2.45, 2.75) is 62.7 Å². The molecule has 1 aliphatic carbocycles. The molecule has 1 aromatic heterocycles. The molecule has 40 heavy (non-hydrogen) atoms. The maximum absolute atomic E-state index is 13.2. The molecule has 2 aromatic carbocycles. The van der Waals surface area contributed by atoms with Gasteiger partial charge in [0.25, 0.3) is 0 Å². The van der Waals surface area contributed by atoms with Crippen molar-refractivity contribution < 1.29 is 27.4 Å². The van der Waals surface area contributed by atoms with Crippen LogP contribution in [0.3, 0.4) is 0 Å². The number of hydrogen-bond acceptors (Lipinski definition) is 6. The third-order valence-electron chi connectivity index (χ3n) is 8.64. The molecular formula is C29H34F3N5O3. The van der Waals surface area contributed by atoms with Crippen molar-refractivity contribution >= 4 is 22.6 Å². The van der Waals surface area contributed by atoms with E-state index in [1.165, 1.54) is 17.7 Å². The molecule has 3 aromatic rings. The number of amides is 1. The summed E-state index contributed by atoms with van der Waals surface area (Å²) in [6.45, 7) is 3.10. The van der Waals surface area contributed by atoms with Crippen LogP contribution in [0.4, 0.5) is 19.0 Å². The molecule has 3 aliphatic rings. The maximum Gasteiger partial charge on any atom is 0.395 e. The summed E-state index contributed by atoms with van der Waals surface area (Å²) in [4.78, 5) is 15.1. The van der Waals surface area contributed by atoms with Crippen LogP contribution in [0.2, 0.25) is 0 Å². The topological polar surface area (TPSA) is 80.7 Å². The van der Waals surface area contributed by atoms with Crippen molar-refractivity contribution in [2.75, 3.05) is 31.7 Å². The average Bonchev–Trinajstić information content (AvgIpc) is 3.51. The molecule has 2 aliphatic heterocycles. The second-order valence-electron chi connectivity index (χ2n) is 11.2. The largest absolute Gasteiger partial charge is 0.454 e. The molecule has 8 nitrogen and oxygen atoms in total. The Morgan fingerprint density at radius 1 is 1.07 bits per heavy atom. The molecule has 2 N–H and O–H groups in total. The number of nitrogens with zero attached hydrogens (tertiary/aromatic N) is 3. The maximum atomic E-state index is 13.2. The van der Waals surface area contributed by atoms with Gasteiger partial charge < -0.3 is 20.1 Å². The van der Waals surface area contributed by atoms with E-state index in [-0.39, 0.29) is 24.1 Å². The van der Waals surface area contributed by atoms with E-state index >= 15 is 0 Å². The van der Waals surface area contributed by atoms with Crippen LogP contribution in [-0.4, -0.2) is 65.3 Å². The predicted molar refractivity (Wildman–Crippen MR) is 145 cm³/mol. The Morgan fingerprint density at radius 3 is 2.58 bits per heavy atom. The molecule has 1 amide bonds. The number of carbonyl (C=O) groups is 1. The van der Waals surface area contributed by atoms with Gasteiger partial charge in [0.1, 0.15) is 0 Å². The van der Waals surface area contributed by atoms with Gasteiger partial charge in [0, 0.05) is 31.6 Å². The zero-order valence-corrected chi connectivity index (χ0v) is 22.6. The fourth-order valence-corrected chi connectivity index (χ4v) is 6.16. The number of aromatic nitrogens is 2. The van der Waals surface area contributed by atoms with E-state index in [1.54, 1.807) is 17.8 Å². The van der Waals surface area contributed by atoms with Gasteiger partial charge in [-0.2, -0.15) is 18.3 Å². The number of carbonyl (C=O) groups excluding carboxylic acids is 1. The number of nitrogens with one attached hydrogen (secondary N) is 2. The monoisotopic (exact) mass is 557 g/mol. The Bertz CT molecular complexity index is 1390. The van der Waals surface area contributed by atoms with Crippen LogP contribution in [-0.2, 0) is 11.8 Å². The summed E-state index contributed by atoms with van der Waals surface area (Å²) in [5, 5.41) is 11.0. The molecule has 214 valence electrons. The van der Waals surface area contributed by atoms with Crippen molar-refractivity contribution in [3.8, 4) is 11.5 Å². The highest BCUT2D eigenvalue weighted by atomic mass is 19.4. The van der Waals surface area contributed by atoms with Gasteiger partial charge in [-0.1, -0.05) is 12.1 Å². The number of anilines is 1. The minimum atomic E-state index is -4.33. The molecule has 0 bridgehead atoms. The second kappa shape index (κ2) is 10.5. The van der Waals surface area contributed by atoms with Crippen molar-refractivity contribution in [2.24, 2.45) is 7.05 Å². The van der Waals surface area contributed by atoms with Gasteiger partial charge in [-0.15, -0.1) is 0 Å². The lowest BCUT2D eigenvalue weighted by molar-refractivity contribution is -0.146. The lowest BCUT2D eigenvalue weighted by atomic mass is 9.80. The number of halogens is 3. The van der Waals surface area contributed by atoms with Gasteiger partial charge in [0.2, 0.25) is 12.7 Å². The zero-order valence-electron chi connectivity index (χ0n) is 22.6. The van der Waals surface area contributed by atoms with E-state index in [4.69, 9.17) is 9.47 Å². The first-order chi connectivity index (χ1) is 19.2. The Morgan fingerprint density at radius 2 is 1.82 bits per heavy atom. The van der Waals surface area contributed by atoms with Crippen molar-refractivity contribution in [1.82, 2.24) is 20.0 Å². The van der Waals surface area contributed by atoms with Crippen LogP contribution in [0.25, 0.3) is 10.9 Å². The molecule has 1 atom stereocenters. The fraction of sp³-hybridized carbons (Fsp3) is 0.517. The van der Waals surface area contributed by atoms with Gasteiger partial charge >= 0.3 is 6.18 Å². The standard InChI is InChI=1S/C29H34F3N5O3/c1-17(29(30,31)32)19-5-9-24-23(11-19)28(35-36(24)2)33-13-27(38)34-21-14-37(15-21)22-7-3-18(4-8-22)20-6-10-25-26(12-20)40-16-39-25/h5-6,9-12,17-18,21-22H,3-4,7-8,13-16H2,1-2H3,(H,33,35)(H,34,38)/t17?,18-,22+. The Balaban J connectivity index is 0.966. The van der Waals surface area contributed by atoms with E-state index in [0.717, 1.165) is 57.2 Å². The molecule has 1 saturated carbocycles. The van der Waals surface area contributed by atoms with E-state index in [1.807, 2.05) is 6.07 Å². The number of aryl methyl sites for hydroxylation is 1. The lowest BCUT2D eigenvalue weighted by Gasteiger charge is -2.46. The number of fused-ring (bicyclic) bond motifs is 2. The van der Waals surface area contributed by atoms with E-state index in [0.29, 0.717) is 35.5 Å². The molecule has 0 spiro atoms. The van der Waals surface area contributed by atoms with Gasteiger partial charge in [0.15, 0.2) is 17.3 Å². The van der Waals surface area contributed by atoms with Crippen LogP contribution in [0.5, 0.6) is 11.5 Å². The lowest BCUT2D eigenvalue weighted by Crippen LogP contribution is -2.63. The Kier molecular flexibility index (Phi) is 7.02.